The number of aromatic nitrogens is 3. The number of aromatic carboxylic acids is 1. The number of aryl methyl sites for hydroxylation is 1. The molecule has 21 heavy (non-hydrogen) atoms. The number of rotatable bonds is 3. The first-order valence-corrected chi connectivity index (χ1v) is 6.98. The molecule has 2 aromatic rings. The molecule has 0 radical (unpaired) electrons. The second-order valence-corrected chi connectivity index (χ2v) is 4.92. The fourth-order valence-electron chi connectivity index (χ4n) is 2.57. The monoisotopic (exact) mass is 284 g/mol. The lowest BCUT2D eigenvalue weighted by Crippen LogP contribution is -2.28. The van der Waals surface area contributed by atoms with Crippen molar-refractivity contribution in [3.63, 3.8) is 0 Å². The van der Waals surface area contributed by atoms with Gasteiger partial charge in [0.1, 0.15) is 5.69 Å². The molecule has 0 atom stereocenters. The molecule has 0 amide bonds. The molecule has 108 valence electrons. The first kappa shape index (κ1) is 13.6. The standard InChI is InChI=1S/C15H16N4O2/c1-2-9-4-3-6-17-12(9)14-18-11-8-16-7-5-10(11)13(19-14)15(20)21/h3-4,6,16H,2,5,7-8H2,1H3,(H,20,21). The Labute approximate surface area is 122 Å². The van der Waals surface area contributed by atoms with E-state index in [4.69, 9.17) is 0 Å². The zero-order valence-corrected chi connectivity index (χ0v) is 11.8. The topological polar surface area (TPSA) is 88.0 Å². The fraction of sp³-hybridized carbons (Fsp3) is 0.333. The molecule has 6 nitrogen and oxygen atoms in total. The van der Waals surface area contributed by atoms with Gasteiger partial charge < -0.3 is 10.4 Å². The Balaban J connectivity index is 2.20. The van der Waals surface area contributed by atoms with E-state index in [0.29, 0.717) is 24.5 Å². The highest BCUT2D eigenvalue weighted by atomic mass is 16.4. The van der Waals surface area contributed by atoms with Crippen molar-refractivity contribution >= 4 is 5.97 Å². The number of carboxylic acid groups (broad SMARTS) is 1. The smallest absolute Gasteiger partial charge is 0.354 e. The average molecular weight is 284 g/mol. The highest BCUT2D eigenvalue weighted by Gasteiger charge is 2.23. The van der Waals surface area contributed by atoms with E-state index in [1.165, 1.54) is 0 Å². The van der Waals surface area contributed by atoms with Gasteiger partial charge in [-0.15, -0.1) is 0 Å². The van der Waals surface area contributed by atoms with Gasteiger partial charge in [0.05, 0.1) is 5.69 Å². The van der Waals surface area contributed by atoms with Crippen LogP contribution in [0, 0.1) is 0 Å². The summed E-state index contributed by atoms with van der Waals surface area (Å²) in [5.74, 6) is -0.613. The third kappa shape index (κ3) is 2.50. The van der Waals surface area contributed by atoms with Crippen LogP contribution >= 0.6 is 0 Å². The number of hydrogen-bond donors (Lipinski definition) is 2. The molecule has 0 bridgehead atoms. The van der Waals surface area contributed by atoms with E-state index in [-0.39, 0.29) is 5.69 Å². The van der Waals surface area contributed by atoms with Crippen LogP contribution in [0.2, 0.25) is 0 Å². The summed E-state index contributed by atoms with van der Waals surface area (Å²) >= 11 is 0. The maximum Gasteiger partial charge on any atom is 0.354 e. The number of nitrogens with one attached hydrogen (secondary N) is 1. The molecule has 0 aromatic carbocycles. The lowest BCUT2D eigenvalue weighted by atomic mass is 10.0. The van der Waals surface area contributed by atoms with Gasteiger partial charge in [-0.2, -0.15) is 0 Å². The van der Waals surface area contributed by atoms with E-state index >= 15 is 0 Å². The van der Waals surface area contributed by atoms with Crippen molar-refractivity contribution in [2.45, 2.75) is 26.3 Å². The van der Waals surface area contributed by atoms with Gasteiger partial charge >= 0.3 is 5.97 Å². The van der Waals surface area contributed by atoms with Gasteiger partial charge in [0, 0.05) is 18.3 Å². The van der Waals surface area contributed by atoms with Crippen molar-refractivity contribution in [3.8, 4) is 11.5 Å². The van der Waals surface area contributed by atoms with Gasteiger partial charge in [-0.3, -0.25) is 4.98 Å². The molecule has 1 aliphatic heterocycles. The number of carbonyl (C=O) groups is 1. The summed E-state index contributed by atoms with van der Waals surface area (Å²) in [5, 5.41) is 12.6. The van der Waals surface area contributed by atoms with Crippen molar-refractivity contribution in [3.05, 3.63) is 40.8 Å². The SMILES string of the molecule is CCc1cccnc1-c1nc2c(c(C(=O)O)n1)CCNC2. The summed E-state index contributed by atoms with van der Waals surface area (Å²) < 4.78 is 0. The van der Waals surface area contributed by atoms with Crippen LogP contribution in [-0.2, 0) is 19.4 Å². The van der Waals surface area contributed by atoms with Gasteiger partial charge in [0.25, 0.3) is 0 Å². The Hall–Kier alpha value is -2.34. The van der Waals surface area contributed by atoms with Crippen LogP contribution in [0.25, 0.3) is 11.5 Å². The van der Waals surface area contributed by atoms with Crippen LogP contribution in [-0.4, -0.2) is 32.6 Å². The van der Waals surface area contributed by atoms with E-state index in [1.807, 2.05) is 19.1 Å². The predicted molar refractivity (Wildman–Crippen MR) is 77.0 cm³/mol. The Bertz CT molecular complexity index is 700. The minimum Gasteiger partial charge on any atom is -0.476 e. The van der Waals surface area contributed by atoms with Crippen LogP contribution in [0.1, 0.15) is 34.2 Å². The molecule has 1 aliphatic rings. The lowest BCUT2D eigenvalue weighted by molar-refractivity contribution is 0.0688. The first-order chi connectivity index (χ1) is 10.2. The Kier molecular flexibility index (Phi) is 3.62. The Morgan fingerprint density at radius 3 is 3.05 bits per heavy atom. The van der Waals surface area contributed by atoms with E-state index in [2.05, 4.69) is 20.3 Å². The quantitative estimate of drug-likeness (QED) is 0.886. The second-order valence-electron chi connectivity index (χ2n) is 4.92. The maximum atomic E-state index is 11.5. The van der Waals surface area contributed by atoms with Crippen LogP contribution in [0.3, 0.4) is 0 Å². The van der Waals surface area contributed by atoms with Crippen LogP contribution in [0.5, 0.6) is 0 Å². The zero-order chi connectivity index (χ0) is 14.8. The van der Waals surface area contributed by atoms with Gasteiger partial charge in [0.2, 0.25) is 0 Å². The van der Waals surface area contributed by atoms with Crippen molar-refractivity contribution in [1.82, 2.24) is 20.3 Å². The average Bonchev–Trinajstić information content (AvgIpc) is 2.53. The maximum absolute atomic E-state index is 11.5. The second kappa shape index (κ2) is 5.57. The van der Waals surface area contributed by atoms with Crippen LogP contribution in [0.4, 0.5) is 0 Å². The fourth-order valence-corrected chi connectivity index (χ4v) is 2.57. The zero-order valence-electron chi connectivity index (χ0n) is 11.8. The van der Waals surface area contributed by atoms with Crippen molar-refractivity contribution in [2.75, 3.05) is 6.54 Å². The molecule has 0 saturated heterocycles. The molecule has 3 heterocycles. The van der Waals surface area contributed by atoms with Crippen molar-refractivity contribution < 1.29 is 9.90 Å². The molecule has 3 rings (SSSR count). The van der Waals surface area contributed by atoms with Gasteiger partial charge in [-0.1, -0.05) is 13.0 Å². The minimum absolute atomic E-state index is 0.101. The molecule has 0 spiro atoms. The highest BCUT2D eigenvalue weighted by molar-refractivity contribution is 5.88. The van der Waals surface area contributed by atoms with E-state index in [1.54, 1.807) is 6.20 Å². The summed E-state index contributed by atoms with van der Waals surface area (Å²) in [6.07, 6.45) is 3.11. The number of pyridine rings is 1. The molecule has 2 N–H and O–H groups in total. The number of fused-ring (bicyclic) bond motifs is 1. The van der Waals surface area contributed by atoms with Gasteiger partial charge in [-0.05, 0) is 31.0 Å². The molecule has 0 saturated carbocycles. The van der Waals surface area contributed by atoms with Crippen LogP contribution in [0.15, 0.2) is 18.3 Å². The molecule has 0 fully saturated rings. The van der Waals surface area contributed by atoms with Crippen molar-refractivity contribution in [1.29, 1.82) is 0 Å². The molecule has 2 aromatic heterocycles. The third-order valence-electron chi connectivity index (χ3n) is 3.62. The molecular weight excluding hydrogens is 268 g/mol. The van der Waals surface area contributed by atoms with Gasteiger partial charge in [0.15, 0.2) is 11.5 Å². The van der Waals surface area contributed by atoms with E-state index < -0.39 is 5.97 Å². The highest BCUT2D eigenvalue weighted by Crippen LogP contribution is 2.23. The minimum atomic E-state index is -1.01. The number of hydrogen-bond acceptors (Lipinski definition) is 5. The van der Waals surface area contributed by atoms with E-state index in [9.17, 15) is 9.90 Å². The summed E-state index contributed by atoms with van der Waals surface area (Å²) in [6.45, 7) is 3.35. The number of carboxylic acids is 1. The third-order valence-corrected chi connectivity index (χ3v) is 3.62. The number of nitrogens with zero attached hydrogens (tertiary/aromatic N) is 3. The molecular formula is C15H16N4O2. The summed E-state index contributed by atoms with van der Waals surface area (Å²) in [7, 11) is 0. The van der Waals surface area contributed by atoms with Gasteiger partial charge in [-0.25, -0.2) is 14.8 Å². The predicted octanol–water partition coefficient (Wildman–Crippen LogP) is 1.44. The van der Waals surface area contributed by atoms with E-state index in [0.717, 1.165) is 29.8 Å². The summed E-state index contributed by atoms with van der Waals surface area (Å²) in [6, 6.07) is 3.82. The summed E-state index contributed by atoms with van der Waals surface area (Å²) in [4.78, 5) is 24.6. The molecule has 6 heteroatoms. The first-order valence-electron chi connectivity index (χ1n) is 6.98. The molecule has 0 unspecified atom stereocenters. The largest absolute Gasteiger partial charge is 0.476 e. The normalized spacial score (nSPS) is 13.8. The van der Waals surface area contributed by atoms with Crippen LogP contribution < -0.4 is 5.32 Å². The summed E-state index contributed by atoms with van der Waals surface area (Å²) in [5.41, 5.74) is 3.27. The van der Waals surface area contributed by atoms with Crippen molar-refractivity contribution in [2.24, 2.45) is 0 Å². The Morgan fingerprint density at radius 1 is 1.43 bits per heavy atom. The Morgan fingerprint density at radius 2 is 2.29 bits per heavy atom. The molecule has 0 aliphatic carbocycles. The lowest BCUT2D eigenvalue weighted by Gasteiger charge is -2.18.